The van der Waals surface area contributed by atoms with Crippen molar-refractivity contribution in [3.63, 3.8) is 0 Å². The predicted molar refractivity (Wildman–Crippen MR) is 41.3 cm³/mol. The number of carboxylic acid groups (broad SMARTS) is 1. The molecule has 0 aliphatic carbocycles. The minimum absolute atomic E-state index is 0.279. The van der Waals surface area contributed by atoms with Crippen molar-refractivity contribution in [3.05, 3.63) is 0 Å². The Labute approximate surface area is 66.0 Å². The number of hydrogen-bond donors (Lipinski definition) is 2. The van der Waals surface area contributed by atoms with Gasteiger partial charge >= 0.3 is 5.97 Å². The molecule has 3 N–H and O–H groups in total. The fraction of sp³-hybridized carbons (Fsp3) is 0.857. The van der Waals surface area contributed by atoms with Crippen molar-refractivity contribution in [1.29, 1.82) is 0 Å². The highest BCUT2D eigenvalue weighted by Crippen LogP contribution is 2.15. The molecule has 0 spiro atoms. The van der Waals surface area contributed by atoms with Crippen molar-refractivity contribution in [3.8, 4) is 0 Å². The van der Waals surface area contributed by atoms with Gasteiger partial charge in [0, 0.05) is 13.1 Å². The van der Waals surface area contributed by atoms with Crippen LogP contribution in [0.2, 0.25) is 0 Å². The van der Waals surface area contributed by atoms with E-state index >= 15 is 0 Å². The molecule has 1 aliphatic rings. The number of nitrogens with two attached hydrogens (primary N) is 1. The predicted octanol–water partition coefficient (Wildman–Crippen LogP) is -0.506. The Morgan fingerprint density at radius 2 is 2.45 bits per heavy atom. The minimum atomic E-state index is -0.712. The van der Waals surface area contributed by atoms with E-state index in [1.165, 1.54) is 0 Å². The van der Waals surface area contributed by atoms with E-state index in [1.54, 1.807) is 0 Å². The van der Waals surface area contributed by atoms with E-state index in [4.69, 9.17) is 10.8 Å². The summed E-state index contributed by atoms with van der Waals surface area (Å²) in [7, 11) is 0. The third-order valence-corrected chi connectivity index (χ3v) is 2.07. The Balaban J connectivity index is 2.44. The third-order valence-electron chi connectivity index (χ3n) is 2.07. The number of aliphatic carboxylic acids is 1. The van der Waals surface area contributed by atoms with Gasteiger partial charge in [0.1, 0.15) is 6.04 Å². The molecule has 1 atom stereocenters. The smallest absolute Gasteiger partial charge is 0.320 e. The zero-order valence-electron chi connectivity index (χ0n) is 6.49. The minimum Gasteiger partial charge on any atom is -0.480 e. The molecule has 64 valence electrons. The first kappa shape index (κ1) is 8.49. The second-order valence-electron chi connectivity index (χ2n) is 2.82. The number of likely N-dealkylation sites (tertiary alicyclic amines) is 1. The molecule has 11 heavy (non-hydrogen) atoms. The van der Waals surface area contributed by atoms with Crippen LogP contribution < -0.4 is 5.73 Å². The van der Waals surface area contributed by atoms with Gasteiger partial charge in [0.2, 0.25) is 0 Å². The summed E-state index contributed by atoms with van der Waals surface area (Å²) in [5.74, 6) is -0.712. The van der Waals surface area contributed by atoms with Gasteiger partial charge in [-0.05, 0) is 19.4 Å². The van der Waals surface area contributed by atoms with Crippen LogP contribution in [0.5, 0.6) is 0 Å². The maximum Gasteiger partial charge on any atom is 0.320 e. The molecule has 1 rings (SSSR count). The van der Waals surface area contributed by atoms with Crippen molar-refractivity contribution in [2.24, 2.45) is 5.73 Å². The second-order valence-corrected chi connectivity index (χ2v) is 2.82. The van der Waals surface area contributed by atoms with Crippen molar-refractivity contribution in [2.45, 2.75) is 18.9 Å². The van der Waals surface area contributed by atoms with Gasteiger partial charge in [-0.3, -0.25) is 9.69 Å². The maximum atomic E-state index is 10.6. The summed E-state index contributed by atoms with van der Waals surface area (Å²) in [4.78, 5) is 12.5. The molecule has 0 aromatic carbocycles. The SMILES string of the molecule is NCCN1CCC[C@@H]1C(=O)O. The summed E-state index contributed by atoms with van der Waals surface area (Å²) in [6.07, 6.45) is 1.76. The second kappa shape index (κ2) is 3.69. The van der Waals surface area contributed by atoms with Crippen molar-refractivity contribution in [1.82, 2.24) is 4.90 Å². The Morgan fingerprint density at radius 3 is 3.00 bits per heavy atom. The van der Waals surface area contributed by atoms with E-state index in [-0.39, 0.29) is 6.04 Å². The maximum absolute atomic E-state index is 10.6. The fourth-order valence-electron chi connectivity index (χ4n) is 1.54. The van der Waals surface area contributed by atoms with Gasteiger partial charge in [-0.25, -0.2) is 0 Å². The topological polar surface area (TPSA) is 66.6 Å². The Morgan fingerprint density at radius 1 is 1.73 bits per heavy atom. The molecule has 0 amide bonds. The molecule has 0 aromatic heterocycles. The lowest BCUT2D eigenvalue weighted by Gasteiger charge is -2.19. The highest BCUT2D eigenvalue weighted by atomic mass is 16.4. The van der Waals surface area contributed by atoms with Crippen LogP contribution in [-0.2, 0) is 4.79 Å². The molecule has 0 bridgehead atoms. The summed E-state index contributed by atoms with van der Waals surface area (Å²) < 4.78 is 0. The summed E-state index contributed by atoms with van der Waals surface area (Å²) in [6, 6.07) is -0.279. The Bertz CT molecular complexity index is 149. The number of hydrogen-bond acceptors (Lipinski definition) is 3. The van der Waals surface area contributed by atoms with Crippen molar-refractivity contribution >= 4 is 5.97 Å². The molecule has 1 aliphatic heterocycles. The van der Waals surface area contributed by atoms with Crippen LogP contribution in [0.1, 0.15) is 12.8 Å². The first-order chi connectivity index (χ1) is 5.25. The Hall–Kier alpha value is -0.610. The number of nitrogens with zero attached hydrogens (tertiary/aromatic N) is 1. The van der Waals surface area contributed by atoms with Gasteiger partial charge in [0.15, 0.2) is 0 Å². The summed E-state index contributed by atoms with van der Waals surface area (Å²) in [5.41, 5.74) is 5.34. The van der Waals surface area contributed by atoms with Gasteiger partial charge in [0.25, 0.3) is 0 Å². The largest absolute Gasteiger partial charge is 0.480 e. The van der Waals surface area contributed by atoms with Gasteiger partial charge in [-0.15, -0.1) is 0 Å². The zero-order chi connectivity index (χ0) is 8.27. The average molecular weight is 158 g/mol. The van der Waals surface area contributed by atoms with Crippen LogP contribution >= 0.6 is 0 Å². The molecule has 0 unspecified atom stereocenters. The lowest BCUT2D eigenvalue weighted by Crippen LogP contribution is -2.38. The van der Waals surface area contributed by atoms with Gasteiger partial charge in [0.05, 0.1) is 0 Å². The number of carboxylic acids is 1. The van der Waals surface area contributed by atoms with E-state index in [9.17, 15) is 4.79 Å². The van der Waals surface area contributed by atoms with E-state index in [0.717, 1.165) is 19.4 Å². The summed E-state index contributed by atoms with van der Waals surface area (Å²) >= 11 is 0. The summed E-state index contributed by atoms with van der Waals surface area (Å²) in [6.45, 7) is 2.13. The standard InChI is InChI=1S/C7H14N2O2/c8-3-5-9-4-1-2-6(9)7(10)11/h6H,1-5,8H2,(H,10,11)/t6-/m1/s1. The molecule has 1 heterocycles. The quantitative estimate of drug-likeness (QED) is 0.580. The lowest BCUT2D eigenvalue weighted by molar-refractivity contribution is -0.142. The van der Waals surface area contributed by atoms with Gasteiger partial charge in [-0.1, -0.05) is 0 Å². The molecule has 0 radical (unpaired) electrons. The van der Waals surface area contributed by atoms with E-state index in [0.29, 0.717) is 13.1 Å². The summed E-state index contributed by atoms with van der Waals surface area (Å²) in [5, 5.41) is 8.73. The number of carbonyl (C=O) groups is 1. The molecule has 0 aromatic rings. The van der Waals surface area contributed by atoms with Crippen LogP contribution in [0.25, 0.3) is 0 Å². The molecule has 1 saturated heterocycles. The van der Waals surface area contributed by atoms with Crippen LogP contribution in [0, 0.1) is 0 Å². The zero-order valence-corrected chi connectivity index (χ0v) is 6.49. The highest BCUT2D eigenvalue weighted by molar-refractivity contribution is 5.73. The fourth-order valence-corrected chi connectivity index (χ4v) is 1.54. The average Bonchev–Trinajstić information content (AvgIpc) is 2.36. The normalized spacial score (nSPS) is 25.7. The van der Waals surface area contributed by atoms with Crippen molar-refractivity contribution < 1.29 is 9.90 Å². The van der Waals surface area contributed by atoms with Crippen LogP contribution in [-0.4, -0.2) is 41.7 Å². The van der Waals surface area contributed by atoms with Gasteiger partial charge < -0.3 is 10.8 Å². The van der Waals surface area contributed by atoms with E-state index < -0.39 is 5.97 Å². The monoisotopic (exact) mass is 158 g/mol. The third kappa shape index (κ3) is 1.91. The molecular formula is C7H14N2O2. The number of rotatable bonds is 3. The van der Waals surface area contributed by atoms with E-state index in [2.05, 4.69) is 0 Å². The van der Waals surface area contributed by atoms with E-state index in [1.807, 2.05) is 4.90 Å². The first-order valence-corrected chi connectivity index (χ1v) is 3.92. The highest BCUT2D eigenvalue weighted by Gasteiger charge is 2.29. The Kier molecular flexibility index (Phi) is 2.84. The molecule has 4 nitrogen and oxygen atoms in total. The first-order valence-electron chi connectivity index (χ1n) is 3.92. The van der Waals surface area contributed by atoms with Crippen molar-refractivity contribution in [2.75, 3.05) is 19.6 Å². The lowest BCUT2D eigenvalue weighted by atomic mass is 10.2. The van der Waals surface area contributed by atoms with Crippen LogP contribution in [0.4, 0.5) is 0 Å². The molecule has 4 heteroatoms. The molecule has 1 fully saturated rings. The van der Waals surface area contributed by atoms with Crippen LogP contribution in [0.15, 0.2) is 0 Å². The van der Waals surface area contributed by atoms with Crippen LogP contribution in [0.3, 0.4) is 0 Å². The molecule has 0 saturated carbocycles. The van der Waals surface area contributed by atoms with Gasteiger partial charge in [-0.2, -0.15) is 0 Å². The molecular weight excluding hydrogens is 144 g/mol.